The lowest BCUT2D eigenvalue weighted by atomic mass is 10.1. The first-order valence-electron chi connectivity index (χ1n) is 4.77. The van der Waals surface area contributed by atoms with Gasteiger partial charge in [0.05, 0.1) is 18.0 Å². The van der Waals surface area contributed by atoms with Crippen LogP contribution < -0.4 is 0 Å². The predicted octanol–water partition coefficient (Wildman–Crippen LogP) is 2.52. The van der Waals surface area contributed by atoms with E-state index in [9.17, 15) is 0 Å². The second-order valence-electron chi connectivity index (χ2n) is 3.86. The van der Waals surface area contributed by atoms with Gasteiger partial charge in [-0.1, -0.05) is 0 Å². The summed E-state index contributed by atoms with van der Waals surface area (Å²) < 4.78 is 2.08. The van der Waals surface area contributed by atoms with Gasteiger partial charge in [0.1, 0.15) is 0 Å². The standard InChI is InChI=1S/C11H12N2/c1-8-10(9-2-3-9)4-5-13-7-12-6-11(8)13/h4-7,9H,2-3H2,1H3. The summed E-state index contributed by atoms with van der Waals surface area (Å²) in [4.78, 5) is 4.15. The Labute approximate surface area is 77.2 Å². The van der Waals surface area contributed by atoms with Crippen molar-refractivity contribution in [1.29, 1.82) is 0 Å². The first-order valence-corrected chi connectivity index (χ1v) is 4.77. The molecule has 1 saturated carbocycles. The molecule has 2 heteroatoms. The monoisotopic (exact) mass is 172 g/mol. The second kappa shape index (κ2) is 2.34. The van der Waals surface area contributed by atoms with Gasteiger partial charge in [0, 0.05) is 6.20 Å². The van der Waals surface area contributed by atoms with Crippen LogP contribution >= 0.6 is 0 Å². The number of nitrogens with zero attached hydrogens (tertiary/aromatic N) is 2. The van der Waals surface area contributed by atoms with Crippen molar-refractivity contribution < 1.29 is 0 Å². The predicted molar refractivity (Wildman–Crippen MR) is 51.9 cm³/mol. The Hall–Kier alpha value is -1.31. The molecule has 1 aliphatic rings. The normalized spacial score (nSPS) is 16.7. The van der Waals surface area contributed by atoms with Crippen LogP contribution in [0.1, 0.15) is 29.9 Å². The molecule has 0 radical (unpaired) electrons. The Kier molecular flexibility index (Phi) is 1.29. The van der Waals surface area contributed by atoms with Crippen LogP contribution in [0.3, 0.4) is 0 Å². The Bertz CT molecular complexity index is 452. The van der Waals surface area contributed by atoms with E-state index in [2.05, 4.69) is 28.6 Å². The highest BCUT2D eigenvalue weighted by molar-refractivity contribution is 5.57. The summed E-state index contributed by atoms with van der Waals surface area (Å²) in [5.41, 5.74) is 4.18. The lowest BCUT2D eigenvalue weighted by molar-refractivity contribution is 1.06. The molecule has 0 atom stereocenters. The quantitative estimate of drug-likeness (QED) is 0.646. The zero-order valence-corrected chi connectivity index (χ0v) is 7.70. The molecule has 2 aromatic heterocycles. The largest absolute Gasteiger partial charge is 0.306 e. The molecular formula is C11H12N2. The Morgan fingerprint density at radius 2 is 2.31 bits per heavy atom. The number of fused-ring (bicyclic) bond motifs is 1. The van der Waals surface area contributed by atoms with Crippen LogP contribution in [-0.4, -0.2) is 9.38 Å². The van der Waals surface area contributed by atoms with E-state index in [1.54, 1.807) is 0 Å². The van der Waals surface area contributed by atoms with Crippen LogP contribution in [0, 0.1) is 6.92 Å². The number of hydrogen-bond donors (Lipinski definition) is 0. The molecule has 0 aliphatic heterocycles. The van der Waals surface area contributed by atoms with Gasteiger partial charge >= 0.3 is 0 Å². The molecule has 0 amide bonds. The maximum atomic E-state index is 4.15. The van der Waals surface area contributed by atoms with Crippen molar-refractivity contribution in [2.24, 2.45) is 0 Å². The van der Waals surface area contributed by atoms with Crippen LogP contribution in [0.25, 0.3) is 5.52 Å². The summed E-state index contributed by atoms with van der Waals surface area (Å²) in [7, 11) is 0. The molecule has 0 bridgehead atoms. The van der Waals surface area contributed by atoms with Crippen LogP contribution in [0.4, 0.5) is 0 Å². The molecule has 0 unspecified atom stereocenters. The molecule has 0 aromatic carbocycles. The summed E-state index contributed by atoms with van der Waals surface area (Å²) in [6, 6.07) is 2.24. The van der Waals surface area contributed by atoms with E-state index < -0.39 is 0 Å². The van der Waals surface area contributed by atoms with Gasteiger partial charge < -0.3 is 4.40 Å². The van der Waals surface area contributed by atoms with Gasteiger partial charge in [0.2, 0.25) is 0 Å². The third kappa shape index (κ3) is 0.981. The highest BCUT2D eigenvalue weighted by Gasteiger charge is 2.25. The Morgan fingerprint density at radius 1 is 1.46 bits per heavy atom. The lowest BCUT2D eigenvalue weighted by Gasteiger charge is -2.05. The van der Waals surface area contributed by atoms with Crippen molar-refractivity contribution in [3.63, 3.8) is 0 Å². The van der Waals surface area contributed by atoms with Gasteiger partial charge in [-0.25, -0.2) is 4.98 Å². The number of rotatable bonds is 1. The number of aryl methyl sites for hydroxylation is 1. The molecule has 3 rings (SSSR count). The zero-order chi connectivity index (χ0) is 8.84. The van der Waals surface area contributed by atoms with E-state index in [4.69, 9.17) is 0 Å². The van der Waals surface area contributed by atoms with E-state index in [1.807, 2.05) is 12.5 Å². The maximum Gasteiger partial charge on any atom is 0.0992 e. The molecule has 0 saturated heterocycles. The van der Waals surface area contributed by atoms with Crippen molar-refractivity contribution in [2.45, 2.75) is 25.7 Å². The van der Waals surface area contributed by atoms with Crippen LogP contribution in [0.15, 0.2) is 24.8 Å². The van der Waals surface area contributed by atoms with Crippen molar-refractivity contribution in [3.8, 4) is 0 Å². The fraction of sp³-hybridized carbons (Fsp3) is 0.364. The Morgan fingerprint density at radius 3 is 3.08 bits per heavy atom. The van der Waals surface area contributed by atoms with E-state index in [0.29, 0.717) is 0 Å². The molecule has 0 N–H and O–H groups in total. The Balaban J connectivity index is 2.30. The SMILES string of the molecule is Cc1c(C2CC2)ccn2cncc12. The van der Waals surface area contributed by atoms with E-state index >= 15 is 0 Å². The third-order valence-electron chi connectivity index (χ3n) is 2.92. The average molecular weight is 172 g/mol. The molecule has 13 heavy (non-hydrogen) atoms. The summed E-state index contributed by atoms with van der Waals surface area (Å²) in [6.07, 6.45) is 8.65. The minimum absolute atomic E-state index is 0.833. The van der Waals surface area contributed by atoms with Gasteiger partial charge in [0.25, 0.3) is 0 Å². The van der Waals surface area contributed by atoms with Gasteiger partial charge in [-0.15, -0.1) is 0 Å². The molecule has 66 valence electrons. The summed E-state index contributed by atoms with van der Waals surface area (Å²) in [5.74, 6) is 0.833. The van der Waals surface area contributed by atoms with Gasteiger partial charge in [-0.3, -0.25) is 0 Å². The average Bonchev–Trinajstić information content (AvgIpc) is 2.83. The van der Waals surface area contributed by atoms with Crippen LogP contribution in [0.5, 0.6) is 0 Å². The first kappa shape index (κ1) is 7.13. The molecule has 0 spiro atoms. The van der Waals surface area contributed by atoms with Crippen molar-refractivity contribution in [2.75, 3.05) is 0 Å². The van der Waals surface area contributed by atoms with Crippen LogP contribution in [0.2, 0.25) is 0 Å². The topological polar surface area (TPSA) is 17.3 Å². The van der Waals surface area contributed by atoms with Crippen molar-refractivity contribution in [1.82, 2.24) is 9.38 Å². The van der Waals surface area contributed by atoms with Gasteiger partial charge in [-0.2, -0.15) is 0 Å². The zero-order valence-electron chi connectivity index (χ0n) is 7.70. The fourth-order valence-electron chi connectivity index (χ4n) is 1.98. The molecule has 2 nitrogen and oxygen atoms in total. The highest BCUT2D eigenvalue weighted by atomic mass is 15.0. The van der Waals surface area contributed by atoms with Crippen LogP contribution in [-0.2, 0) is 0 Å². The number of aromatic nitrogens is 2. The molecule has 1 aliphatic carbocycles. The molecular weight excluding hydrogens is 160 g/mol. The fourth-order valence-corrected chi connectivity index (χ4v) is 1.98. The molecule has 2 heterocycles. The van der Waals surface area contributed by atoms with E-state index in [0.717, 1.165) is 5.92 Å². The van der Waals surface area contributed by atoms with Gasteiger partial charge in [0.15, 0.2) is 0 Å². The minimum atomic E-state index is 0.833. The minimum Gasteiger partial charge on any atom is -0.306 e. The van der Waals surface area contributed by atoms with E-state index in [1.165, 1.54) is 29.5 Å². The first-order chi connectivity index (χ1) is 6.36. The summed E-state index contributed by atoms with van der Waals surface area (Å²) >= 11 is 0. The smallest absolute Gasteiger partial charge is 0.0992 e. The lowest BCUT2D eigenvalue weighted by Crippen LogP contribution is -1.91. The second-order valence-corrected chi connectivity index (χ2v) is 3.86. The number of pyridine rings is 1. The van der Waals surface area contributed by atoms with Crippen molar-refractivity contribution in [3.05, 3.63) is 35.9 Å². The summed E-state index contributed by atoms with van der Waals surface area (Å²) in [6.45, 7) is 2.20. The molecule has 1 fully saturated rings. The molecule has 2 aromatic rings. The van der Waals surface area contributed by atoms with Gasteiger partial charge in [-0.05, 0) is 42.9 Å². The number of imidazole rings is 1. The highest BCUT2D eigenvalue weighted by Crippen LogP contribution is 2.42. The number of hydrogen-bond acceptors (Lipinski definition) is 1. The maximum absolute atomic E-state index is 4.15. The summed E-state index contributed by atoms with van der Waals surface area (Å²) in [5, 5.41) is 0. The third-order valence-corrected chi connectivity index (χ3v) is 2.92. The van der Waals surface area contributed by atoms with Crippen molar-refractivity contribution >= 4 is 5.52 Å². The van der Waals surface area contributed by atoms with E-state index in [-0.39, 0.29) is 0 Å².